The molecule has 0 aliphatic heterocycles. The number of halogens is 18. The van der Waals surface area contributed by atoms with Crippen molar-refractivity contribution in [1.82, 2.24) is 0 Å². The van der Waals surface area contributed by atoms with Gasteiger partial charge in [0.05, 0.1) is 48.1 Å². The van der Waals surface area contributed by atoms with Gasteiger partial charge < -0.3 is 5.48 Å². The largest absolute Gasteiger partial charge is 0.412 e. The molecule has 19 heteroatoms. The summed E-state index contributed by atoms with van der Waals surface area (Å²) < 4.78 is 0. The molecule has 0 aliphatic rings. The molecule has 1 nitrogen and oxygen atoms in total. The van der Waals surface area contributed by atoms with E-state index in [1.807, 2.05) is 0 Å². The Bertz CT molecular complexity index is 59.5. The lowest BCUT2D eigenvalue weighted by Crippen LogP contribution is -1.24. The van der Waals surface area contributed by atoms with E-state index in [0.29, 0.717) is 0 Å². The lowest BCUT2D eigenvalue weighted by atomic mass is 11.9. The maximum atomic E-state index is 4.76. The molecule has 0 aromatic heterocycles. The van der Waals surface area contributed by atoms with Gasteiger partial charge in [0.1, 0.15) is 0 Å². The summed E-state index contributed by atoms with van der Waals surface area (Å²) in [6.45, 7) is 0. The van der Waals surface area contributed by atoms with Crippen molar-refractivity contribution in [3.05, 3.63) is 0 Å². The van der Waals surface area contributed by atoms with Crippen LogP contribution in [0.15, 0.2) is 0 Å². The van der Waals surface area contributed by atoms with Crippen LogP contribution >= 0.6 is 209 Å². The molecular formula is C9H20Cl18O. The molecule has 0 bridgehead atoms. The molecular weight excluding hydrogens is 762 g/mol. The van der Waals surface area contributed by atoms with Crippen LogP contribution in [0.3, 0.4) is 0 Å². The Morgan fingerprint density at radius 2 is 0.179 bits per heavy atom. The van der Waals surface area contributed by atoms with E-state index in [9.17, 15) is 0 Å². The second kappa shape index (κ2) is 156. The minimum atomic E-state index is 0. The minimum absolute atomic E-state index is 0. The van der Waals surface area contributed by atoms with E-state index in [-0.39, 0.29) is 53.5 Å². The molecule has 188 valence electrons. The van der Waals surface area contributed by atoms with E-state index < -0.39 is 0 Å². The maximum absolute atomic E-state index is 4.76. The molecule has 0 spiro atoms. The van der Waals surface area contributed by atoms with Crippen molar-refractivity contribution in [1.29, 1.82) is 0 Å². The second-order valence-corrected chi connectivity index (χ2v) is 8.18. The molecule has 0 aliphatic carbocycles. The standard InChI is InChI=1S/9CH2Cl2.H2O/c9*2-1-3;/h9*1H2;1H2. The fourth-order valence-corrected chi connectivity index (χ4v) is 0. The lowest BCUT2D eigenvalue weighted by Gasteiger charge is -1.42. The topological polar surface area (TPSA) is 31.5 Å². The molecule has 0 aromatic carbocycles. The highest BCUT2D eigenvalue weighted by Crippen LogP contribution is 1.75. The first-order valence-corrected chi connectivity index (χ1v) is 14.4. The highest BCUT2D eigenvalue weighted by Gasteiger charge is 1.44. The molecule has 0 unspecified atom stereocenters. The summed E-state index contributed by atoms with van der Waals surface area (Å²) in [6.07, 6.45) is 0. The van der Waals surface area contributed by atoms with Gasteiger partial charge in [0.2, 0.25) is 0 Å². The summed E-state index contributed by atoms with van der Waals surface area (Å²) in [5.41, 5.74) is 0. The van der Waals surface area contributed by atoms with Crippen LogP contribution in [0.2, 0.25) is 0 Å². The van der Waals surface area contributed by atoms with Crippen molar-refractivity contribution in [2.75, 3.05) is 48.1 Å². The van der Waals surface area contributed by atoms with Gasteiger partial charge in [-0.2, -0.15) is 0 Å². The molecule has 0 radical (unpaired) electrons. The Labute approximate surface area is 259 Å². The molecule has 2 N–H and O–H groups in total. The summed E-state index contributed by atoms with van der Waals surface area (Å²) in [7, 11) is 0. The van der Waals surface area contributed by atoms with E-state index in [0.717, 1.165) is 0 Å². The molecule has 0 saturated heterocycles. The number of alkyl halides is 18. The van der Waals surface area contributed by atoms with Crippen molar-refractivity contribution in [3.8, 4) is 0 Å². The quantitative estimate of drug-likeness (QED) is 0.219. The molecule has 0 amide bonds. The Morgan fingerprint density at radius 3 is 0.179 bits per heavy atom. The summed E-state index contributed by atoms with van der Waals surface area (Å²) in [5.74, 6) is 0. The first-order valence-electron chi connectivity index (χ1n) is 4.81. The van der Waals surface area contributed by atoms with Crippen molar-refractivity contribution in [2.45, 2.75) is 0 Å². The first-order chi connectivity index (χ1) is 12.7. The smallest absolute Gasteiger partial charge is 0.0967 e. The molecule has 0 rings (SSSR count). The van der Waals surface area contributed by atoms with Gasteiger partial charge in [0.25, 0.3) is 0 Å². The van der Waals surface area contributed by atoms with Gasteiger partial charge in [0, 0.05) is 0 Å². The maximum Gasteiger partial charge on any atom is 0.0967 e. The van der Waals surface area contributed by atoms with Crippen molar-refractivity contribution >= 4 is 209 Å². The predicted octanol–water partition coefficient (Wildman–Crippen LogP) is 12.0. The van der Waals surface area contributed by atoms with Gasteiger partial charge in [-0.3, -0.25) is 0 Å². The van der Waals surface area contributed by atoms with E-state index in [1.165, 1.54) is 0 Å². The Hall–Kier alpha value is 5.18. The van der Waals surface area contributed by atoms with E-state index >= 15 is 0 Å². The summed E-state index contributed by atoms with van der Waals surface area (Å²) >= 11 is 85.7. The van der Waals surface area contributed by atoms with Gasteiger partial charge in [0.15, 0.2) is 0 Å². The zero-order valence-corrected chi connectivity index (χ0v) is 27.3. The zero-order chi connectivity index (χ0) is 24.4. The third kappa shape index (κ3) is 1060. The van der Waals surface area contributed by atoms with Crippen LogP contribution in [-0.2, 0) is 0 Å². The fourth-order valence-electron chi connectivity index (χ4n) is 0. The fraction of sp³-hybridized carbons (Fsp3) is 1.00. The van der Waals surface area contributed by atoms with Crippen molar-refractivity contribution < 1.29 is 5.48 Å². The Balaban J connectivity index is -0.0000000162. The Kier molecular flexibility index (Phi) is 355. The van der Waals surface area contributed by atoms with Gasteiger partial charge in [-0.25, -0.2) is 0 Å². The van der Waals surface area contributed by atoms with Crippen LogP contribution in [0.4, 0.5) is 0 Å². The van der Waals surface area contributed by atoms with E-state index in [4.69, 9.17) is 209 Å². The third-order valence-electron chi connectivity index (χ3n) is 0. The first kappa shape index (κ1) is 63.9. The molecule has 0 atom stereocenters. The van der Waals surface area contributed by atoms with Gasteiger partial charge >= 0.3 is 0 Å². The number of hydrogen-bond acceptors (Lipinski definition) is 0. The SMILES string of the molecule is ClCCl.ClCCl.ClCCl.ClCCl.ClCCl.ClCCl.ClCCl.ClCCl.ClCCl.O. The van der Waals surface area contributed by atoms with Crippen LogP contribution in [-0.4, -0.2) is 53.5 Å². The summed E-state index contributed by atoms with van der Waals surface area (Å²) in [4.78, 5) is 0. The van der Waals surface area contributed by atoms with E-state index in [1.54, 1.807) is 0 Å². The van der Waals surface area contributed by atoms with Gasteiger partial charge in [-0.1, -0.05) is 0 Å². The van der Waals surface area contributed by atoms with Crippen LogP contribution < -0.4 is 0 Å². The second-order valence-electron chi connectivity index (χ2n) is 0.909. The lowest BCUT2D eigenvalue weighted by molar-refractivity contribution is 0.824. The van der Waals surface area contributed by atoms with Gasteiger partial charge in [-0.05, 0) is 0 Å². The molecule has 28 heavy (non-hydrogen) atoms. The highest BCUT2D eigenvalue weighted by molar-refractivity contribution is 6.42. The Morgan fingerprint density at radius 1 is 0.179 bits per heavy atom. The van der Waals surface area contributed by atoms with Gasteiger partial charge in [-0.15, -0.1) is 209 Å². The predicted molar refractivity (Wildman–Crippen MR) is 153 cm³/mol. The monoisotopic (exact) mass is 774 g/mol. The molecule has 0 saturated carbocycles. The normalized spacial score (nSPS) is 5.79. The van der Waals surface area contributed by atoms with Crippen LogP contribution in [0.25, 0.3) is 0 Å². The summed E-state index contributed by atoms with van der Waals surface area (Å²) in [5, 5.41) is 1.75. The highest BCUT2D eigenvalue weighted by atomic mass is 35.6. The van der Waals surface area contributed by atoms with Crippen molar-refractivity contribution in [3.63, 3.8) is 0 Å². The zero-order valence-electron chi connectivity index (χ0n) is 13.7. The molecule has 0 fully saturated rings. The van der Waals surface area contributed by atoms with Crippen LogP contribution in [0.5, 0.6) is 0 Å². The molecule has 0 aromatic rings. The van der Waals surface area contributed by atoms with Crippen LogP contribution in [0, 0.1) is 0 Å². The van der Waals surface area contributed by atoms with Crippen LogP contribution in [0.1, 0.15) is 0 Å². The van der Waals surface area contributed by atoms with E-state index in [2.05, 4.69) is 0 Å². The third-order valence-corrected chi connectivity index (χ3v) is 0. The average molecular weight is 782 g/mol. The number of hydrogen-bond donors (Lipinski definition) is 0. The number of rotatable bonds is 0. The molecule has 0 heterocycles. The minimum Gasteiger partial charge on any atom is -0.412 e. The average Bonchev–Trinajstić information content (AvgIpc) is 2.53. The summed E-state index contributed by atoms with van der Waals surface area (Å²) in [6, 6.07) is 0. The van der Waals surface area contributed by atoms with Crippen molar-refractivity contribution in [2.24, 2.45) is 0 Å².